The number of hydrogen-bond acceptors (Lipinski definition) is 6. The van der Waals surface area contributed by atoms with E-state index in [0.717, 1.165) is 22.8 Å². The summed E-state index contributed by atoms with van der Waals surface area (Å²) in [6, 6.07) is 14.1. The first-order chi connectivity index (χ1) is 14.3. The van der Waals surface area contributed by atoms with Crippen molar-refractivity contribution in [1.29, 1.82) is 0 Å². The maximum Gasteiger partial charge on any atom is 0.255 e. The smallest absolute Gasteiger partial charge is 0.255 e. The van der Waals surface area contributed by atoms with Gasteiger partial charge in [0.25, 0.3) is 5.56 Å². The number of nitrogens with one attached hydrogen (secondary N) is 2. The Morgan fingerprint density at radius 1 is 1.00 bits per heavy atom. The Kier molecular flexibility index (Phi) is 6.16. The summed E-state index contributed by atoms with van der Waals surface area (Å²) in [7, 11) is 0. The number of H-pyrrole nitrogens is 1. The summed E-state index contributed by atoms with van der Waals surface area (Å²) in [5, 5.41) is 5.59. The van der Waals surface area contributed by atoms with Crippen LogP contribution in [0.3, 0.4) is 0 Å². The van der Waals surface area contributed by atoms with Crippen LogP contribution in [0.5, 0.6) is 0 Å². The quantitative estimate of drug-likeness (QED) is 0.437. The van der Waals surface area contributed by atoms with Gasteiger partial charge in [0.2, 0.25) is 5.95 Å². The third-order valence-electron chi connectivity index (χ3n) is 4.52. The normalized spacial score (nSPS) is 10.9. The molecule has 0 aliphatic carbocycles. The monoisotopic (exact) mass is 403 g/mol. The minimum Gasteiger partial charge on any atom is -0.355 e. The molecule has 0 spiro atoms. The van der Waals surface area contributed by atoms with Crippen LogP contribution in [0.2, 0.25) is 0 Å². The molecule has 2 N–H and O–H groups in total. The predicted octanol–water partition coefficient (Wildman–Crippen LogP) is 3.65. The number of hydrogen-bond donors (Lipinski definition) is 2. The van der Waals surface area contributed by atoms with Crippen LogP contribution in [0.4, 0.5) is 5.95 Å². The molecule has 0 radical (unpaired) electrons. The first-order valence-corrected chi connectivity index (χ1v) is 10.6. The van der Waals surface area contributed by atoms with Crippen molar-refractivity contribution < 1.29 is 0 Å². The van der Waals surface area contributed by atoms with Crippen LogP contribution in [0.25, 0.3) is 10.8 Å². The van der Waals surface area contributed by atoms with Crippen molar-refractivity contribution in [3.05, 3.63) is 94.4 Å². The van der Waals surface area contributed by atoms with Crippen molar-refractivity contribution in [3.63, 3.8) is 0 Å². The van der Waals surface area contributed by atoms with Gasteiger partial charge in [-0.25, -0.2) is 4.98 Å². The molecule has 0 bridgehead atoms. The Hall–Kier alpha value is -3.19. The van der Waals surface area contributed by atoms with Crippen LogP contribution in [0, 0.1) is 0 Å². The van der Waals surface area contributed by atoms with Crippen molar-refractivity contribution in [2.45, 2.75) is 12.2 Å². The van der Waals surface area contributed by atoms with Gasteiger partial charge in [0.15, 0.2) is 0 Å². The zero-order valence-electron chi connectivity index (χ0n) is 15.8. The van der Waals surface area contributed by atoms with Gasteiger partial charge in [-0.3, -0.25) is 19.7 Å². The summed E-state index contributed by atoms with van der Waals surface area (Å²) in [4.78, 5) is 28.0. The minimum atomic E-state index is -0.126. The highest BCUT2D eigenvalue weighted by atomic mass is 32.2. The van der Waals surface area contributed by atoms with E-state index in [1.807, 2.05) is 36.5 Å². The summed E-state index contributed by atoms with van der Waals surface area (Å²) in [6.45, 7) is 0.709. The van der Waals surface area contributed by atoms with Gasteiger partial charge >= 0.3 is 0 Å². The summed E-state index contributed by atoms with van der Waals surface area (Å²) < 4.78 is 0. The van der Waals surface area contributed by atoms with E-state index in [2.05, 4.69) is 37.4 Å². The highest BCUT2D eigenvalue weighted by molar-refractivity contribution is 7.98. The first kappa shape index (κ1) is 19.1. The molecule has 0 unspecified atom stereocenters. The molecule has 0 aliphatic rings. The number of rotatable bonds is 8. The number of nitrogens with zero attached hydrogens (tertiary/aromatic N) is 3. The standard InChI is InChI=1S/C22H21N5OS/c28-21-18(12-16-4-3-8-23-13-16)14-26-22(27-21)25-10-11-29-15-20-19-6-2-1-5-17(19)7-9-24-20/h1-9,13-14H,10-12,15H2,(H2,25,26,27,28). The van der Waals surface area contributed by atoms with Crippen LogP contribution >= 0.6 is 11.8 Å². The van der Waals surface area contributed by atoms with E-state index in [1.54, 1.807) is 30.4 Å². The average molecular weight is 404 g/mol. The van der Waals surface area contributed by atoms with Crippen LogP contribution in [0.15, 0.2) is 72.0 Å². The lowest BCUT2D eigenvalue weighted by Crippen LogP contribution is -2.18. The van der Waals surface area contributed by atoms with E-state index < -0.39 is 0 Å². The summed E-state index contributed by atoms with van der Waals surface area (Å²) in [5.41, 5.74) is 2.58. The van der Waals surface area contributed by atoms with E-state index in [1.165, 1.54) is 10.8 Å². The van der Waals surface area contributed by atoms with Gasteiger partial charge in [-0.1, -0.05) is 30.3 Å². The molecule has 4 rings (SSSR count). The number of aromatic nitrogens is 4. The molecule has 146 valence electrons. The third-order valence-corrected chi connectivity index (χ3v) is 5.49. The fourth-order valence-electron chi connectivity index (χ4n) is 3.07. The lowest BCUT2D eigenvalue weighted by Gasteiger charge is -2.07. The lowest BCUT2D eigenvalue weighted by atomic mass is 10.1. The van der Waals surface area contributed by atoms with Gasteiger partial charge in [-0.05, 0) is 23.1 Å². The molecule has 3 aromatic heterocycles. The molecule has 0 atom stereocenters. The van der Waals surface area contributed by atoms with Crippen LogP contribution in [-0.2, 0) is 12.2 Å². The van der Waals surface area contributed by atoms with Crippen molar-refractivity contribution in [2.75, 3.05) is 17.6 Å². The molecule has 7 heteroatoms. The van der Waals surface area contributed by atoms with Gasteiger partial charge in [0, 0.05) is 60.2 Å². The van der Waals surface area contributed by atoms with E-state index in [9.17, 15) is 4.79 Å². The van der Waals surface area contributed by atoms with E-state index in [-0.39, 0.29) is 5.56 Å². The molecule has 6 nitrogen and oxygen atoms in total. The number of thioether (sulfide) groups is 1. The zero-order valence-corrected chi connectivity index (χ0v) is 16.7. The van der Waals surface area contributed by atoms with E-state index in [4.69, 9.17) is 0 Å². The largest absolute Gasteiger partial charge is 0.355 e. The molecule has 4 aromatic rings. The van der Waals surface area contributed by atoms with Gasteiger partial charge in [-0.2, -0.15) is 11.8 Å². The summed E-state index contributed by atoms with van der Waals surface area (Å²) >= 11 is 1.80. The van der Waals surface area contributed by atoms with Crippen LogP contribution < -0.4 is 10.9 Å². The Balaban J connectivity index is 1.27. The molecule has 0 amide bonds. The number of pyridine rings is 2. The van der Waals surface area contributed by atoms with Crippen molar-refractivity contribution in [1.82, 2.24) is 19.9 Å². The molecular formula is C22H21N5OS. The first-order valence-electron chi connectivity index (χ1n) is 9.41. The maximum absolute atomic E-state index is 12.3. The third kappa shape index (κ3) is 5.00. The second kappa shape index (κ2) is 9.34. The molecule has 0 aliphatic heterocycles. The fourth-order valence-corrected chi connectivity index (χ4v) is 3.88. The predicted molar refractivity (Wildman–Crippen MR) is 118 cm³/mol. The van der Waals surface area contributed by atoms with Gasteiger partial charge < -0.3 is 5.32 Å². The van der Waals surface area contributed by atoms with Crippen LogP contribution in [-0.4, -0.2) is 32.2 Å². The molecule has 29 heavy (non-hydrogen) atoms. The topological polar surface area (TPSA) is 83.6 Å². The van der Waals surface area contributed by atoms with Gasteiger partial charge in [-0.15, -0.1) is 0 Å². The maximum atomic E-state index is 12.3. The molecule has 0 saturated heterocycles. The SMILES string of the molecule is O=c1[nH]c(NCCSCc2nccc3ccccc23)ncc1Cc1cccnc1. The molecule has 0 saturated carbocycles. The van der Waals surface area contributed by atoms with Gasteiger partial charge in [0.1, 0.15) is 0 Å². The lowest BCUT2D eigenvalue weighted by molar-refractivity contribution is 1.00. The number of aromatic amines is 1. The molecule has 3 heterocycles. The van der Waals surface area contributed by atoms with Crippen molar-refractivity contribution in [2.24, 2.45) is 0 Å². The van der Waals surface area contributed by atoms with E-state index in [0.29, 0.717) is 24.5 Å². The zero-order chi connectivity index (χ0) is 19.9. The minimum absolute atomic E-state index is 0.126. The van der Waals surface area contributed by atoms with Gasteiger partial charge in [0.05, 0.1) is 5.69 Å². The van der Waals surface area contributed by atoms with Crippen LogP contribution in [0.1, 0.15) is 16.8 Å². The Labute approximate surface area is 172 Å². The Bertz CT molecular complexity index is 1140. The molecule has 1 aromatic carbocycles. The second-order valence-corrected chi connectivity index (χ2v) is 7.69. The van der Waals surface area contributed by atoms with Crippen molar-refractivity contribution >= 4 is 28.5 Å². The number of benzene rings is 1. The number of anilines is 1. The average Bonchev–Trinajstić information content (AvgIpc) is 2.76. The Morgan fingerprint density at radius 2 is 1.93 bits per heavy atom. The second-order valence-electron chi connectivity index (χ2n) is 6.58. The van der Waals surface area contributed by atoms with E-state index >= 15 is 0 Å². The fraction of sp³-hybridized carbons (Fsp3) is 0.182. The molecular weight excluding hydrogens is 382 g/mol. The summed E-state index contributed by atoms with van der Waals surface area (Å²) in [5.74, 6) is 2.22. The summed E-state index contributed by atoms with van der Waals surface area (Å²) in [6.07, 6.45) is 7.48. The number of fused-ring (bicyclic) bond motifs is 1. The highest BCUT2D eigenvalue weighted by Gasteiger charge is 2.05. The Morgan fingerprint density at radius 3 is 2.79 bits per heavy atom. The molecule has 0 fully saturated rings. The van der Waals surface area contributed by atoms with Crippen molar-refractivity contribution in [3.8, 4) is 0 Å². The highest BCUT2D eigenvalue weighted by Crippen LogP contribution is 2.20.